The Labute approximate surface area is 182 Å². The summed E-state index contributed by atoms with van der Waals surface area (Å²) in [4.78, 5) is 43.8. The minimum absolute atomic E-state index is 0.00613. The van der Waals surface area contributed by atoms with Crippen molar-refractivity contribution in [2.75, 3.05) is 11.9 Å². The number of halogens is 3. The number of hydrogen-bond acceptors (Lipinski definition) is 6. The molecule has 0 bridgehead atoms. The van der Waals surface area contributed by atoms with Crippen LogP contribution < -0.4 is 5.32 Å². The van der Waals surface area contributed by atoms with Gasteiger partial charge in [0.1, 0.15) is 11.9 Å². The molecule has 2 aromatic heterocycles. The molecule has 2 heterocycles. The zero-order chi connectivity index (χ0) is 23.3. The Morgan fingerprint density at radius 1 is 1.22 bits per heavy atom. The van der Waals surface area contributed by atoms with Crippen LogP contribution in [0.3, 0.4) is 0 Å². The quantitative estimate of drug-likeness (QED) is 0.371. The summed E-state index contributed by atoms with van der Waals surface area (Å²) in [5.41, 5.74) is -1.07. The third-order valence-electron chi connectivity index (χ3n) is 5.32. The highest BCUT2D eigenvalue weighted by atomic mass is 19.4. The number of carbonyl (C=O) groups excluding carboxylic acids is 3. The van der Waals surface area contributed by atoms with E-state index in [4.69, 9.17) is 0 Å². The van der Waals surface area contributed by atoms with Crippen molar-refractivity contribution in [3.05, 3.63) is 42.1 Å². The van der Waals surface area contributed by atoms with Gasteiger partial charge in [0.05, 0.1) is 12.9 Å². The first-order valence-electron chi connectivity index (χ1n) is 10.3. The van der Waals surface area contributed by atoms with E-state index in [1.807, 2.05) is 0 Å². The van der Waals surface area contributed by atoms with Gasteiger partial charge in [-0.15, -0.1) is 0 Å². The summed E-state index contributed by atoms with van der Waals surface area (Å²) in [6.07, 6.45) is 2.59. The van der Waals surface area contributed by atoms with Crippen molar-refractivity contribution >= 4 is 23.5 Å². The van der Waals surface area contributed by atoms with Gasteiger partial charge in [0.25, 0.3) is 5.78 Å². The van der Waals surface area contributed by atoms with E-state index in [0.717, 1.165) is 44.4 Å². The van der Waals surface area contributed by atoms with Gasteiger partial charge in [0.2, 0.25) is 5.91 Å². The van der Waals surface area contributed by atoms with Crippen LogP contribution >= 0.6 is 0 Å². The predicted octanol–water partition coefficient (Wildman–Crippen LogP) is 3.80. The first kappa shape index (κ1) is 23.4. The van der Waals surface area contributed by atoms with E-state index < -0.39 is 35.6 Å². The average Bonchev–Trinajstić information content (AvgIpc) is 3.44. The van der Waals surface area contributed by atoms with Crippen LogP contribution in [0.25, 0.3) is 0 Å². The molecule has 0 aliphatic heterocycles. The molecule has 172 valence electrons. The standard InChI is InChI=1S/C21H23F3N4O4/c1-2-32-20(31)18(29)14-7-8-17(25-10-14)27-19(30)15(9-13-5-3-4-6-13)28-11-16(26-12-28)21(22,23)24/h7-8,10-13,15H,2-6,9H2,1H3,(H,25,27,30)/t15-/m0/s1. The Morgan fingerprint density at radius 3 is 2.50 bits per heavy atom. The molecule has 0 spiro atoms. The number of nitrogens with zero attached hydrogens (tertiary/aromatic N) is 3. The molecule has 1 amide bonds. The zero-order valence-electron chi connectivity index (χ0n) is 17.4. The first-order chi connectivity index (χ1) is 15.2. The van der Waals surface area contributed by atoms with Crippen LogP contribution in [0, 0.1) is 5.92 Å². The lowest BCUT2D eigenvalue weighted by Crippen LogP contribution is -2.27. The van der Waals surface area contributed by atoms with E-state index >= 15 is 0 Å². The fourth-order valence-corrected chi connectivity index (χ4v) is 3.71. The number of alkyl halides is 3. The molecule has 1 saturated carbocycles. The Balaban J connectivity index is 1.75. The smallest absolute Gasteiger partial charge is 0.434 e. The number of amides is 1. The van der Waals surface area contributed by atoms with E-state index in [1.54, 1.807) is 6.92 Å². The number of ether oxygens (including phenoxy) is 1. The molecule has 1 atom stereocenters. The van der Waals surface area contributed by atoms with Crippen LogP contribution in [-0.2, 0) is 20.5 Å². The zero-order valence-corrected chi connectivity index (χ0v) is 17.4. The number of aromatic nitrogens is 3. The third-order valence-corrected chi connectivity index (χ3v) is 5.32. The Morgan fingerprint density at radius 2 is 1.94 bits per heavy atom. The molecule has 2 aromatic rings. The van der Waals surface area contributed by atoms with Gasteiger partial charge in [0.15, 0.2) is 5.69 Å². The lowest BCUT2D eigenvalue weighted by molar-refractivity contribution is -0.141. The van der Waals surface area contributed by atoms with Gasteiger partial charge >= 0.3 is 12.1 Å². The Kier molecular flexibility index (Phi) is 7.26. The van der Waals surface area contributed by atoms with Crippen LogP contribution in [-0.4, -0.2) is 38.8 Å². The van der Waals surface area contributed by atoms with Crippen LogP contribution in [0.15, 0.2) is 30.9 Å². The minimum Gasteiger partial charge on any atom is -0.460 e. The monoisotopic (exact) mass is 452 g/mol. The van der Waals surface area contributed by atoms with Gasteiger partial charge in [0, 0.05) is 18.0 Å². The van der Waals surface area contributed by atoms with Gasteiger partial charge in [-0.05, 0) is 31.4 Å². The van der Waals surface area contributed by atoms with Crippen molar-refractivity contribution in [3.63, 3.8) is 0 Å². The van der Waals surface area contributed by atoms with Gasteiger partial charge in [-0.25, -0.2) is 14.8 Å². The molecule has 1 aliphatic carbocycles. The number of pyridine rings is 1. The summed E-state index contributed by atoms with van der Waals surface area (Å²) < 4.78 is 44.8. The number of ketones is 1. The number of anilines is 1. The number of carbonyl (C=O) groups is 3. The number of imidazole rings is 1. The molecule has 11 heteroatoms. The van der Waals surface area contributed by atoms with Gasteiger partial charge < -0.3 is 14.6 Å². The number of esters is 1. The molecule has 1 N–H and O–H groups in total. The lowest BCUT2D eigenvalue weighted by atomic mass is 9.97. The van der Waals surface area contributed by atoms with Crippen LogP contribution in [0.5, 0.6) is 0 Å². The fraction of sp³-hybridized carbons (Fsp3) is 0.476. The second-order valence-corrected chi connectivity index (χ2v) is 7.58. The number of hydrogen-bond donors (Lipinski definition) is 1. The summed E-state index contributed by atoms with van der Waals surface area (Å²) in [5, 5.41) is 2.58. The van der Waals surface area contributed by atoms with Crippen LogP contribution in [0.4, 0.5) is 19.0 Å². The fourth-order valence-electron chi connectivity index (χ4n) is 3.71. The van der Waals surface area contributed by atoms with Gasteiger partial charge in [-0.1, -0.05) is 25.7 Å². The van der Waals surface area contributed by atoms with Gasteiger partial charge in [-0.2, -0.15) is 13.2 Å². The van der Waals surface area contributed by atoms with Crippen molar-refractivity contribution in [2.24, 2.45) is 5.92 Å². The largest absolute Gasteiger partial charge is 0.460 e. The summed E-state index contributed by atoms with van der Waals surface area (Å²) in [6.45, 7) is 1.63. The van der Waals surface area contributed by atoms with Crippen molar-refractivity contribution < 1.29 is 32.3 Å². The lowest BCUT2D eigenvalue weighted by Gasteiger charge is -2.21. The SMILES string of the molecule is CCOC(=O)C(=O)c1ccc(NC(=O)[C@H](CC2CCCC2)n2cnc(C(F)(F)F)c2)nc1. The maximum atomic E-state index is 13.0. The summed E-state index contributed by atoms with van der Waals surface area (Å²) in [5.74, 6) is -2.10. The maximum absolute atomic E-state index is 13.0. The second kappa shape index (κ2) is 9.92. The molecule has 1 aliphatic rings. The molecule has 0 saturated heterocycles. The van der Waals surface area contributed by atoms with E-state index in [-0.39, 0.29) is 23.9 Å². The van der Waals surface area contributed by atoms with Gasteiger partial charge in [-0.3, -0.25) is 9.59 Å². The molecule has 0 aromatic carbocycles. The summed E-state index contributed by atoms with van der Waals surface area (Å²) in [7, 11) is 0. The molecule has 32 heavy (non-hydrogen) atoms. The number of nitrogens with one attached hydrogen (secondary N) is 1. The van der Waals surface area contributed by atoms with E-state index in [0.29, 0.717) is 6.42 Å². The van der Waals surface area contributed by atoms with E-state index in [1.165, 1.54) is 16.7 Å². The topological polar surface area (TPSA) is 103 Å². The van der Waals surface area contributed by atoms with E-state index in [9.17, 15) is 27.6 Å². The molecular weight excluding hydrogens is 429 g/mol. The number of Topliss-reactive ketones (excluding diaryl/α,β-unsaturated/α-hetero) is 1. The Hall–Kier alpha value is -3.24. The highest BCUT2D eigenvalue weighted by molar-refractivity contribution is 6.40. The molecule has 8 nitrogen and oxygen atoms in total. The number of rotatable bonds is 8. The van der Waals surface area contributed by atoms with Crippen LogP contribution in [0.1, 0.15) is 61.1 Å². The molecule has 1 fully saturated rings. The van der Waals surface area contributed by atoms with Crippen molar-refractivity contribution in [3.8, 4) is 0 Å². The van der Waals surface area contributed by atoms with Crippen molar-refractivity contribution in [1.82, 2.24) is 14.5 Å². The second-order valence-electron chi connectivity index (χ2n) is 7.58. The molecule has 0 radical (unpaired) electrons. The highest BCUT2D eigenvalue weighted by Gasteiger charge is 2.35. The predicted molar refractivity (Wildman–Crippen MR) is 107 cm³/mol. The van der Waals surface area contributed by atoms with Crippen molar-refractivity contribution in [1.29, 1.82) is 0 Å². The summed E-state index contributed by atoms with van der Waals surface area (Å²) in [6, 6.07) is 1.75. The first-order valence-corrected chi connectivity index (χ1v) is 10.3. The molecule has 0 unspecified atom stereocenters. The molecular formula is C21H23F3N4O4. The maximum Gasteiger partial charge on any atom is 0.434 e. The van der Waals surface area contributed by atoms with Crippen LogP contribution in [0.2, 0.25) is 0 Å². The minimum atomic E-state index is -4.61. The summed E-state index contributed by atoms with van der Waals surface area (Å²) >= 11 is 0. The third kappa shape index (κ3) is 5.71. The normalized spacial score (nSPS) is 15.4. The highest BCUT2D eigenvalue weighted by Crippen LogP contribution is 2.34. The van der Waals surface area contributed by atoms with E-state index in [2.05, 4.69) is 20.0 Å². The molecule has 3 rings (SSSR count). The Bertz CT molecular complexity index is 966. The van der Waals surface area contributed by atoms with Crippen molar-refractivity contribution in [2.45, 2.75) is 51.2 Å². The average molecular weight is 452 g/mol.